The topological polar surface area (TPSA) is 22.8 Å². The van der Waals surface area contributed by atoms with Crippen LogP contribution in [0.15, 0.2) is 164 Å². The minimum absolute atomic E-state index is 0.974. The van der Waals surface area contributed by atoms with Crippen molar-refractivity contribution in [2.75, 3.05) is 0 Å². The number of hydrogen-bond acceptors (Lipinski definition) is 1. The fourth-order valence-electron chi connectivity index (χ4n) is 6.78. The second-order valence-electron chi connectivity index (χ2n) is 11.3. The van der Waals surface area contributed by atoms with E-state index in [1.165, 1.54) is 60.4 Å². The fraction of sp³-hybridized carbons (Fsp3) is 0. The van der Waals surface area contributed by atoms with E-state index in [2.05, 4.69) is 160 Å². The Hall–Kier alpha value is -5.93. The Morgan fingerprint density at radius 2 is 0.886 bits per heavy atom. The highest BCUT2D eigenvalue weighted by Crippen LogP contribution is 2.38. The lowest BCUT2D eigenvalue weighted by Crippen LogP contribution is -1.94. The van der Waals surface area contributed by atoms with Crippen molar-refractivity contribution >= 4 is 43.6 Å². The second kappa shape index (κ2) is 9.82. The van der Waals surface area contributed by atoms with Crippen LogP contribution in [-0.2, 0) is 0 Å². The van der Waals surface area contributed by atoms with Crippen LogP contribution in [0.3, 0.4) is 0 Å². The van der Waals surface area contributed by atoms with Crippen molar-refractivity contribution < 1.29 is 0 Å². The number of benzene rings is 6. The summed E-state index contributed by atoms with van der Waals surface area (Å²) in [5, 5.41) is 5.01. The molecule has 0 saturated carbocycles. The van der Waals surface area contributed by atoms with Gasteiger partial charge in [0.15, 0.2) is 0 Å². The van der Waals surface area contributed by atoms with Crippen LogP contribution in [-0.4, -0.2) is 14.1 Å². The minimum atomic E-state index is 0.974. The summed E-state index contributed by atoms with van der Waals surface area (Å²) in [5.41, 5.74) is 11.6. The Morgan fingerprint density at radius 3 is 1.52 bits per heavy atom. The zero-order valence-electron chi connectivity index (χ0n) is 23.9. The molecule has 0 bridgehead atoms. The molecular formula is C41H27N3. The van der Waals surface area contributed by atoms with Gasteiger partial charge in [0, 0.05) is 44.7 Å². The molecule has 3 aromatic heterocycles. The lowest BCUT2D eigenvalue weighted by atomic mass is 10.0. The lowest BCUT2D eigenvalue weighted by Gasteiger charge is -2.10. The Kier molecular flexibility index (Phi) is 5.50. The quantitative estimate of drug-likeness (QED) is 0.210. The SMILES string of the molecule is c1ccc(-n2c3ccccc3c3cc(-c4ccc5c(c4)c4ccccc4n5-c4cccc(-c5ccccn5)c4)ccc32)cc1. The molecule has 0 N–H and O–H groups in total. The normalized spacial score (nSPS) is 11.6. The first-order valence-corrected chi connectivity index (χ1v) is 15.0. The predicted octanol–water partition coefficient (Wildman–Crippen LogP) is 10.6. The Bertz CT molecular complexity index is 2480. The Morgan fingerprint density at radius 1 is 0.341 bits per heavy atom. The van der Waals surface area contributed by atoms with Crippen LogP contribution in [0.5, 0.6) is 0 Å². The van der Waals surface area contributed by atoms with Gasteiger partial charge in [-0.3, -0.25) is 4.98 Å². The molecule has 3 heteroatoms. The van der Waals surface area contributed by atoms with Crippen molar-refractivity contribution in [1.82, 2.24) is 14.1 Å². The molecule has 6 aromatic carbocycles. The molecule has 3 heterocycles. The van der Waals surface area contributed by atoms with Crippen molar-refractivity contribution in [1.29, 1.82) is 0 Å². The van der Waals surface area contributed by atoms with Gasteiger partial charge in [-0.05, 0) is 83.9 Å². The van der Waals surface area contributed by atoms with Crippen LogP contribution >= 0.6 is 0 Å². The minimum Gasteiger partial charge on any atom is -0.309 e. The van der Waals surface area contributed by atoms with Crippen molar-refractivity contribution in [3.05, 3.63) is 164 Å². The van der Waals surface area contributed by atoms with E-state index in [4.69, 9.17) is 0 Å². The first-order chi connectivity index (χ1) is 21.8. The van der Waals surface area contributed by atoms with E-state index in [1.807, 2.05) is 18.3 Å². The van der Waals surface area contributed by atoms with E-state index in [9.17, 15) is 0 Å². The van der Waals surface area contributed by atoms with Crippen molar-refractivity contribution in [2.24, 2.45) is 0 Å². The van der Waals surface area contributed by atoms with E-state index in [0.29, 0.717) is 0 Å². The molecular weight excluding hydrogens is 534 g/mol. The number of hydrogen-bond donors (Lipinski definition) is 0. The molecule has 0 unspecified atom stereocenters. The summed E-state index contributed by atoms with van der Waals surface area (Å²) in [5.74, 6) is 0. The van der Waals surface area contributed by atoms with Gasteiger partial charge in [0.1, 0.15) is 0 Å². The van der Waals surface area contributed by atoms with Gasteiger partial charge in [0.2, 0.25) is 0 Å². The van der Waals surface area contributed by atoms with Crippen molar-refractivity contribution in [3.63, 3.8) is 0 Å². The summed E-state index contributed by atoms with van der Waals surface area (Å²) in [7, 11) is 0. The maximum atomic E-state index is 4.59. The second-order valence-corrected chi connectivity index (χ2v) is 11.3. The molecule has 0 radical (unpaired) electrons. The molecule has 0 amide bonds. The Balaban J connectivity index is 1.23. The molecule has 9 rings (SSSR count). The number of para-hydroxylation sites is 3. The summed E-state index contributed by atoms with van der Waals surface area (Å²) < 4.78 is 4.74. The van der Waals surface area contributed by atoms with E-state index in [0.717, 1.165) is 16.9 Å². The van der Waals surface area contributed by atoms with Gasteiger partial charge in [-0.25, -0.2) is 0 Å². The summed E-state index contributed by atoms with van der Waals surface area (Å²) in [6.45, 7) is 0. The molecule has 0 aliphatic rings. The first kappa shape index (κ1) is 24.6. The van der Waals surface area contributed by atoms with Crippen molar-refractivity contribution in [3.8, 4) is 33.8 Å². The third-order valence-corrected chi connectivity index (χ3v) is 8.76. The molecule has 0 saturated heterocycles. The maximum absolute atomic E-state index is 4.59. The number of fused-ring (bicyclic) bond motifs is 6. The van der Waals surface area contributed by atoms with Gasteiger partial charge in [0.25, 0.3) is 0 Å². The zero-order valence-corrected chi connectivity index (χ0v) is 23.9. The molecule has 0 aliphatic carbocycles. The first-order valence-electron chi connectivity index (χ1n) is 15.0. The molecule has 206 valence electrons. The zero-order chi connectivity index (χ0) is 29.0. The fourth-order valence-corrected chi connectivity index (χ4v) is 6.78. The van der Waals surface area contributed by atoms with E-state index < -0.39 is 0 Å². The number of nitrogens with zero attached hydrogens (tertiary/aromatic N) is 3. The van der Waals surface area contributed by atoms with Gasteiger partial charge in [0.05, 0.1) is 27.8 Å². The lowest BCUT2D eigenvalue weighted by molar-refractivity contribution is 1.18. The highest BCUT2D eigenvalue weighted by Gasteiger charge is 2.16. The van der Waals surface area contributed by atoms with Gasteiger partial charge < -0.3 is 9.13 Å². The standard InChI is InChI=1S/C41H27N3/c1-2-12-31(13-3-1)43-38-18-6-4-15-33(38)35-26-28(20-22-40(35)43)29-21-23-41-36(27-29)34-16-5-7-19-39(34)44(41)32-14-10-11-30(25-32)37-17-8-9-24-42-37/h1-27H. The number of aromatic nitrogens is 3. The smallest absolute Gasteiger partial charge is 0.0702 e. The molecule has 0 spiro atoms. The summed E-state index contributed by atoms with van der Waals surface area (Å²) in [6, 6.07) is 56.5. The van der Waals surface area contributed by atoms with Gasteiger partial charge in [-0.15, -0.1) is 0 Å². The van der Waals surface area contributed by atoms with Crippen LogP contribution in [0.4, 0.5) is 0 Å². The highest BCUT2D eigenvalue weighted by molar-refractivity contribution is 6.12. The average molecular weight is 562 g/mol. The molecule has 3 nitrogen and oxygen atoms in total. The van der Waals surface area contributed by atoms with Gasteiger partial charge >= 0.3 is 0 Å². The monoisotopic (exact) mass is 561 g/mol. The van der Waals surface area contributed by atoms with E-state index >= 15 is 0 Å². The summed E-state index contributed by atoms with van der Waals surface area (Å²) >= 11 is 0. The van der Waals surface area contributed by atoms with Crippen LogP contribution in [0, 0.1) is 0 Å². The van der Waals surface area contributed by atoms with Crippen LogP contribution < -0.4 is 0 Å². The largest absolute Gasteiger partial charge is 0.309 e. The van der Waals surface area contributed by atoms with Crippen molar-refractivity contribution in [2.45, 2.75) is 0 Å². The molecule has 9 aromatic rings. The third kappa shape index (κ3) is 3.80. The van der Waals surface area contributed by atoms with E-state index in [-0.39, 0.29) is 0 Å². The van der Waals surface area contributed by atoms with E-state index in [1.54, 1.807) is 0 Å². The summed E-state index contributed by atoms with van der Waals surface area (Å²) in [4.78, 5) is 4.59. The maximum Gasteiger partial charge on any atom is 0.0702 e. The average Bonchev–Trinajstić information content (AvgIpc) is 3.61. The van der Waals surface area contributed by atoms with Crippen LogP contribution in [0.25, 0.3) is 77.4 Å². The molecule has 0 atom stereocenters. The highest BCUT2D eigenvalue weighted by atomic mass is 15.0. The molecule has 44 heavy (non-hydrogen) atoms. The number of rotatable bonds is 4. The molecule has 0 fully saturated rings. The molecule has 0 aliphatic heterocycles. The number of pyridine rings is 1. The predicted molar refractivity (Wildman–Crippen MR) is 184 cm³/mol. The van der Waals surface area contributed by atoms with Gasteiger partial charge in [-0.2, -0.15) is 0 Å². The Labute approximate surface area is 254 Å². The van der Waals surface area contributed by atoms with Gasteiger partial charge in [-0.1, -0.05) is 84.9 Å². The summed E-state index contributed by atoms with van der Waals surface area (Å²) in [6.07, 6.45) is 1.85. The van der Waals surface area contributed by atoms with Crippen LogP contribution in [0.2, 0.25) is 0 Å². The third-order valence-electron chi connectivity index (χ3n) is 8.76. The van der Waals surface area contributed by atoms with Crippen LogP contribution in [0.1, 0.15) is 0 Å².